The van der Waals surface area contributed by atoms with Crippen LogP contribution in [0, 0.1) is 12.7 Å². The number of benzene rings is 2. The number of nitrogens with zero attached hydrogens (tertiary/aromatic N) is 4. The minimum Gasteiger partial charge on any atom is -0.207 e. The van der Waals surface area contributed by atoms with E-state index in [9.17, 15) is 12.8 Å². The Morgan fingerprint density at radius 1 is 1.12 bits per heavy atom. The van der Waals surface area contributed by atoms with Gasteiger partial charge in [-0.15, -0.1) is 5.10 Å². The Labute approximate surface area is 138 Å². The molecular weight excluding hydrogens is 333 g/mol. The van der Waals surface area contributed by atoms with Crippen molar-refractivity contribution in [3.8, 4) is 5.69 Å². The average Bonchev–Trinajstić information content (AvgIpc) is 3.02. The van der Waals surface area contributed by atoms with Gasteiger partial charge in [0.1, 0.15) is 10.7 Å². The van der Waals surface area contributed by atoms with Gasteiger partial charge in [-0.1, -0.05) is 29.8 Å². The number of aromatic nitrogens is 4. The molecule has 0 bridgehead atoms. The van der Waals surface area contributed by atoms with Crippen LogP contribution in [0.5, 0.6) is 0 Å². The van der Waals surface area contributed by atoms with Gasteiger partial charge in [0, 0.05) is 0 Å². The van der Waals surface area contributed by atoms with Gasteiger partial charge in [0.25, 0.3) is 0 Å². The van der Waals surface area contributed by atoms with Crippen molar-refractivity contribution >= 4 is 10.0 Å². The zero-order valence-electron chi connectivity index (χ0n) is 12.7. The molecule has 0 radical (unpaired) electrons. The van der Waals surface area contributed by atoms with E-state index in [0.29, 0.717) is 11.5 Å². The third-order valence-electron chi connectivity index (χ3n) is 3.36. The molecule has 0 atom stereocenters. The molecule has 1 heterocycles. The number of nitrogens with one attached hydrogen (secondary N) is 1. The lowest BCUT2D eigenvalue weighted by Crippen LogP contribution is -2.25. The summed E-state index contributed by atoms with van der Waals surface area (Å²) in [6.45, 7) is 1.78. The molecule has 0 aliphatic carbocycles. The molecule has 0 aliphatic rings. The molecule has 124 valence electrons. The Morgan fingerprint density at radius 2 is 1.83 bits per heavy atom. The summed E-state index contributed by atoms with van der Waals surface area (Å²) in [6.07, 6.45) is 0. The molecule has 0 spiro atoms. The molecule has 0 amide bonds. The predicted octanol–water partition coefficient (Wildman–Crippen LogP) is 1.59. The Hall–Kier alpha value is -2.65. The normalized spacial score (nSPS) is 11.6. The molecule has 24 heavy (non-hydrogen) atoms. The summed E-state index contributed by atoms with van der Waals surface area (Å²) >= 11 is 0. The Bertz CT molecular complexity index is 954. The molecule has 2 aromatic carbocycles. The summed E-state index contributed by atoms with van der Waals surface area (Å²) in [5.74, 6) is -0.526. The summed E-state index contributed by atoms with van der Waals surface area (Å²) in [5.41, 5.74) is 1.78. The van der Waals surface area contributed by atoms with Crippen LogP contribution >= 0.6 is 0 Å². The molecule has 9 heteroatoms. The quantitative estimate of drug-likeness (QED) is 0.757. The summed E-state index contributed by atoms with van der Waals surface area (Å²) in [6, 6.07) is 12.6. The first-order valence-corrected chi connectivity index (χ1v) is 8.54. The molecule has 1 aromatic heterocycles. The molecule has 0 unspecified atom stereocenters. The highest BCUT2D eigenvalue weighted by atomic mass is 32.2. The molecule has 0 fully saturated rings. The smallest absolute Gasteiger partial charge is 0.207 e. The van der Waals surface area contributed by atoms with Crippen molar-refractivity contribution in [2.75, 3.05) is 0 Å². The number of sulfonamides is 1. The van der Waals surface area contributed by atoms with Gasteiger partial charge in [-0.2, -0.15) is 4.68 Å². The maximum Gasteiger partial charge on any atom is 0.243 e. The van der Waals surface area contributed by atoms with E-state index in [2.05, 4.69) is 20.2 Å². The summed E-state index contributed by atoms with van der Waals surface area (Å²) in [5, 5.41) is 11.2. The largest absolute Gasteiger partial charge is 0.243 e. The van der Waals surface area contributed by atoms with Crippen molar-refractivity contribution in [2.45, 2.75) is 18.4 Å². The first-order chi connectivity index (χ1) is 11.5. The van der Waals surface area contributed by atoms with Crippen molar-refractivity contribution in [3.63, 3.8) is 0 Å². The SMILES string of the molecule is Cc1ccc(-n2nnnc2CNS(=O)(=O)c2ccccc2F)cc1. The molecule has 3 aromatic rings. The summed E-state index contributed by atoms with van der Waals surface area (Å²) in [4.78, 5) is -0.417. The fourth-order valence-corrected chi connectivity index (χ4v) is 3.16. The second-order valence-electron chi connectivity index (χ2n) is 5.10. The van der Waals surface area contributed by atoms with Crippen molar-refractivity contribution in [3.05, 3.63) is 65.7 Å². The van der Waals surface area contributed by atoms with E-state index < -0.39 is 20.7 Å². The summed E-state index contributed by atoms with van der Waals surface area (Å²) in [7, 11) is -4.01. The monoisotopic (exact) mass is 347 g/mol. The second-order valence-corrected chi connectivity index (χ2v) is 6.83. The first-order valence-electron chi connectivity index (χ1n) is 7.06. The number of halogens is 1. The van der Waals surface area contributed by atoms with Crippen molar-refractivity contribution in [1.82, 2.24) is 24.9 Å². The molecular formula is C15H14FN5O2S. The van der Waals surface area contributed by atoms with Gasteiger partial charge in [0.2, 0.25) is 10.0 Å². The van der Waals surface area contributed by atoms with Gasteiger partial charge >= 0.3 is 0 Å². The molecule has 7 nitrogen and oxygen atoms in total. The van der Waals surface area contributed by atoms with Crippen LogP contribution in [0.2, 0.25) is 0 Å². The Balaban J connectivity index is 1.82. The molecule has 0 saturated carbocycles. The van der Waals surface area contributed by atoms with Crippen LogP contribution in [-0.2, 0) is 16.6 Å². The zero-order chi connectivity index (χ0) is 17.2. The van der Waals surface area contributed by atoms with Crippen molar-refractivity contribution < 1.29 is 12.8 Å². The fourth-order valence-electron chi connectivity index (χ4n) is 2.10. The third-order valence-corrected chi connectivity index (χ3v) is 4.79. The molecule has 3 rings (SSSR count). The molecule has 0 aliphatic heterocycles. The third kappa shape index (κ3) is 3.31. The highest BCUT2D eigenvalue weighted by Crippen LogP contribution is 2.14. The van der Waals surface area contributed by atoms with E-state index in [4.69, 9.17) is 0 Å². The lowest BCUT2D eigenvalue weighted by molar-refractivity contribution is 0.554. The standard InChI is InChI=1S/C15H14FN5O2S/c1-11-6-8-12(9-7-11)21-15(18-19-20-21)10-17-24(22,23)14-5-3-2-4-13(14)16/h2-9,17H,10H2,1H3. The van der Waals surface area contributed by atoms with E-state index in [-0.39, 0.29) is 6.54 Å². The maximum absolute atomic E-state index is 13.7. The fraction of sp³-hybridized carbons (Fsp3) is 0.133. The lowest BCUT2D eigenvalue weighted by atomic mass is 10.2. The van der Waals surface area contributed by atoms with Gasteiger partial charge in [-0.25, -0.2) is 17.5 Å². The van der Waals surface area contributed by atoms with Gasteiger partial charge < -0.3 is 0 Å². The van der Waals surface area contributed by atoms with E-state index >= 15 is 0 Å². The van der Waals surface area contributed by atoms with Crippen LogP contribution in [0.1, 0.15) is 11.4 Å². The molecule has 1 N–H and O–H groups in total. The summed E-state index contributed by atoms with van der Waals surface area (Å²) < 4.78 is 41.8. The number of tetrazole rings is 1. The Kier molecular flexibility index (Phi) is 4.36. The van der Waals surface area contributed by atoms with Crippen molar-refractivity contribution in [2.24, 2.45) is 0 Å². The topological polar surface area (TPSA) is 89.8 Å². The van der Waals surface area contributed by atoms with Crippen LogP contribution in [-0.4, -0.2) is 28.6 Å². The highest BCUT2D eigenvalue weighted by molar-refractivity contribution is 7.89. The van der Waals surface area contributed by atoms with Crippen LogP contribution in [0.3, 0.4) is 0 Å². The van der Waals surface area contributed by atoms with Crippen LogP contribution in [0.15, 0.2) is 53.4 Å². The lowest BCUT2D eigenvalue weighted by Gasteiger charge is -2.08. The van der Waals surface area contributed by atoms with Gasteiger partial charge in [0.15, 0.2) is 5.82 Å². The second kappa shape index (κ2) is 6.46. The van der Waals surface area contributed by atoms with Crippen molar-refractivity contribution in [1.29, 1.82) is 0 Å². The van der Waals surface area contributed by atoms with E-state index in [1.54, 1.807) is 0 Å². The van der Waals surface area contributed by atoms with Crippen LogP contribution < -0.4 is 4.72 Å². The number of hydrogen-bond acceptors (Lipinski definition) is 5. The van der Waals surface area contributed by atoms with E-state index in [1.165, 1.54) is 22.9 Å². The minimum absolute atomic E-state index is 0.169. The highest BCUT2D eigenvalue weighted by Gasteiger charge is 2.19. The number of hydrogen-bond donors (Lipinski definition) is 1. The van der Waals surface area contributed by atoms with E-state index in [0.717, 1.165) is 11.6 Å². The van der Waals surface area contributed by atoms with Crippen LogP contribution in [0.25, 0.3) is 5.69 Å². The number of rotatable bonds is 5. The van der Waals surface area contributed by atoms with Gasteiger partial charge in [-0.3, -0.25) is 0 Å². The first kappa shape index (κ1) is 16.2. The van der Waals surface area contributed by atoms with Crippen LogP contribution in [0.4, 0.5) is 4.39 Å². The number of aryl methyl sites for hydroxylation is 1. The Morgan fingerprint density at radius 3 is 2.54 bits per heavy atom. The van der Waals surface area contributed by atoms with E-state index in [1.807, 2.05) is 31.2 Å². The van der Waals surface area contributed by atoms with Gasteiger partial charge in [0.05, 0.1) is 12.2 Å². The minimum atomic E-state index is -4.01. The average molecular weight is 347 g/mol. The van der Waals surface area contributed by atoms with Gasteiger partial charge in [-0.05, 0) is 41.6 Å². The molecule has 0 saturated heterocycles. The maximum atomic E-state index is 13.7. The zero-order valence-corrected chi connectivity index (χ0v) is 13.5. The predicted molar refractivity (Wildman–Crippen MR) is 84.3 cm³/mol.